The molecule has 1 aliphatic rings. The zero-order valence-electron chi connectivity index (χ0n) is 12.2. The number of rotatable bonds is 4. The van der Waals surface area contributed by atoms with Gasteiger partial charge in [0.05, 0.1) is 12.5 Å². The Balaban J connectivity index is 2.08. The van der Waals surface area contributed by atoms with E-state index in [1.165, 1.54) is 0 Å². The van der Waals surface area contributed by atoms with Crippen LogP contribution in [0.25, 0.3) is 0 Å². The lowest BCUT2D eigenvalue weighted by molar-refractivity contribution is -0.145. The third kappa shape index (κ3) is 3.97. The van der Waals surface area contributed by atoms with Crippen LogP contribution < -0.4 is 0 Å². The number of hydrogen-bond acceptors (Lipinski definition) is 3. The number of likely N-dealkylation sites (tertiary alicyclic amines) is 1. The Kier molecular flexibility index (Phi) is 5.20. The minimum absolute atomic E-state index is 0.0805. The van der Waals surface area contributed by atoms with Crippen LogP contribution in [0.4, 0.5) is 4.79 Å². The summed E-state index contributed by atoms with van der Waals surface area (Å²) in [5, 5.41) is 9.38. The van der Waals surface area contributed by atoms with E-state index in [1.54, 1.807) is 11.8 Å². The molecule has 2 rings (SSSR count). The molecule has 0 spiro atoms. The van der Waals surface area contributed by atoms with E-state index in [1.807, 2.05) is 30.3 Å². The predicted molar refractivity (Wildman–Crippen MR) is 78.0 cm³/mol. The molecule has 0 radical (unpaired) electrons. The molecule has 1 aliphatic heterocycles. The van der Waals surface area contributed by atoms with Crippen LogP contribution in [0.2, 0.25) is 0 Å². The van der Waals surface area contributed by atoms with E-state index >= 15 is 0 Å². The summed E-state index contributed by atoms with van der Waals surface area (Å²) in [6, 6.07) is 9.79. The van der Waals surface area contributed by atoms with Crippen LogP contribution >= 0.6 is 0 Å². The monoisotopic (exact) mass is 291 g/mol. The Bertz CT molecular complexity index is 488. The maximum Gasteiger partial charge on any atom is 0.409 e. The molecule has 1 saturated heterocycles. The number of carbonyl (C=O) groups is 2. The van der Waals surface area contributed by atoms with Gasteiger partial charge in [0.15, 0.2) is 0 Å². The third-order valence-corrected chi connectivity index (χ3v) is 3.92. The normalized spacial score (nSPS) is 21.9. The van der Waals surface area contributed by atoms with Crippen molar-refractivity contribution in [2.45, 2.75) is 19.8 Å². The van der Waals surface area contributed by atoms with E-state index in [9.17, 15) is 14.7 Å². The molecule has 1 fully saturated rings. The second-order valence-electron chi connectivity index (χ2n) is 5.33. The lowest BCUT2D eigenvalue weighted by Gasteiger charge is -2.36. The fourth-order valence-electron chi connectivity index (χ4n) is 2.86. The fraction of sp³-hybridized carbons (Fsp3) is 0.500. The Morgan fingerprint density at radius 2 is 2.05 bits per heavy atom. The summed E-state index contributed by atoms with van der Waals surface area (Å²) >= 11 is 0. The highest BCUT2D eigenvalue weighted by atomic mass is 16.6. The van der Waals surface area contributed by atoms with E-state index in [4.69, 9.17) is 4.74 Å². The van der Waals surface area contributed by atoms with Crippen LogP contribution in [0.5, 0.6) is 0 Å². The van der Waals surface area contributed by atoms with Crippen LogP contribution in [0.15, 0.2) is 30.3 Å². The van der Waals surface area contributed by atoms with Gasteiger partial charge in [-0.3, -0.25) is 4.79 Å². The number of nitrogens with zero attached hydrogens (tertiary/aromatic N) is 1. The molecule has 5 nitrogen and oxygen atoms in total. The molecule has 2 atom stereocenters. The van der Waals surface area contributed by atoms with Crippen molar-refractivity contribution in [1.82, 2.24) is 4.90 Å². The highest BCUT2D eigenvalue weighted by molar-refractivity contribution is 5.72. The first kappa shape index (κ1) is 15.4. The van der Waals surface area contributed by atoms with Gasteiger partial charge in [0, 0.05) is 13.1 Å². The largest absolute Gasteiger partial charge is 0.481 e. The number of carboxylic acids is 1. The van der Waals surface area contributed by atoms with Crippen molar-refractivity contribution in [3.8, 4) is 0 Å². The van der Waals surface area contributed by atoms with E-state index in [0.29, 0.717) is 32.5 Å². The zero-order chi connectivity index (χ0) is 15.2. The van der Waals surface area contributed by atoms with Gasteiger partial charge in [0.25, 0.3) is 0 Å². The van der Waals surface area contributed by atoms with E-state index < -0.39 is 11.9 Å². The average Bonchev–Trinajstić information content (AvgIpc) is 2.48. The van der Waals surface area contributed by atoms with Crippen molar-refractivity contribution >= 4 is 12.1 Å². The average molecular weight is 291 g/mol. The SMILES string of the molecule is CCOC(=O)N1CCC(C(=O)O)C(Cc2ccccc2)C1. The van der Waals surface area contributed by atoms with Gasteiger partial charge in [0.2, 0.25) is 0 Å². The molecule has 1 amide bonds. The first-order valence-corrected chi connectivity index (χ1v) is 7.30. The quantitative estimate of drug-likeness (QED) is 0.925. The number of benzene rings is 1. The summed E-state index contributed by atoms with van der Waals surface area (Å²) < 4.78 is 5.02. The summed E-state index contributed by atoms with van der Waals surface area (Å²) in [7, 11) is 0. The highest BCUT2D eigenvalue weighted by Crippen LogP contribution is 2.27. The van der Waals surface area contributed by atoms with E-state index in [2.05, 4.69) is 0 Å². The molecule has 5 heteroatoms. The van der Waals surface area contributed by atoms with Gasteiger partial charge in [-0.1, -0.05) is 30.3 Å². The molecule has 21 heavy (non-hydrogen) atoms. The van der Waals surface area contributed by atoms with Gasteiger partial charge >= 0.3 is 12.1 Å². The molecule has 1 heterocycles. The molecule has 0 bridgehead atoms. The maximum absolute atomic E-state index is 11.8. The van der Waals surface area contributed by atoms with Crippen molar-refractivity contribution in [1.29, 1.82) is 0 Å². The Labute approximate surface area is 124 Å². The molecule has 114 valence electrons. The molecule has 1 aromatic rings. The Morgan fingerprint density at radius 1 is 1.33 bits per heavy atom. The second kappa shape index (κ2) is 7.11. The Morgan fingerprint density at radius 3 is 2.67 bits per heavy atom. The Hall–Kier alpha value is -2.04. The first-order chi connectivity index (χ1) is 10.1. The molecular weight excluding hydrogens is 270 g/mol. The number of aliphatic carboxylic acids is 1. The zero-order valence-corrected chi connectivity index (χ0v) is 12.2. The van der Waals surface area contributed by atoms with Crippen molar-refractivity contribution < 1.29 is 19.4 Å². The molecule has 1 aromatic carbocycles. The van der Waals surface area contributed by atoms with Crippen LogP contribution in [0.3, 0.4) is 0 Å². The third-order valence-electron chi connectivity index (χ3n) is 3.92. The van der Waals surface area contributed by atoms with Gasteiger partial charge in [-0.25, -0.2) is 4.79 Å². The summed E-state index contributed by atoms with van der Waals surface area (Å²) in [6.45, 7) is 2.98. The molecule has 0 saturated carbocycles. The number of amides is 1. The van der Waals surface area contributed by atoms with E-state index in [0.717, 1.165) is 5.56 Å². The van der Waals surface area contributed by atoms with Crippen molar-refractivity contribution in [3.63, 3.8) is 0 Å². The van der Waals surface area contributed by atoms with Crippen LogP contribution in [0.1, 0.15) is 18.9 Å². The summed E-state index contributed by atoms with van der Waals surface area (Å²) in [5.41, 5.74) is 1.10. The maximum atomic E-state index is 11.8. The first-order valence-electron chi connectivity index (χ1n) is 7.30. The van der Waals surface area contributed by atoms with E-state index in [-0.39, 0.29) is 12.0 Å². The molecule has 2 unspecified atom stereocenters. The van der Waals surface area contributed by atoms with Gasteiger partial charge in [-0.05, 0) is 31.2 Å². The molecular formula is C16H21NO4. The predicted octanol–water partition coefficient (Wildman–Crippen LogP) is 2.41. The lowest BCUT2D eigenvalue weighted by atomic mass is 9.81. The van der Waals surface area contributed by atoms with Crippen molar-refractivity contribution in [3.05, 3.63) is 35.9 Å². The van der Waals surface area contributed by atoms with Crippen LogP contribution in [0, 0.1) is 11.8 Å². The fourth-order valence-corrected chi connectivity index (χ4v) is 2.86. The number of hydrogen-bond donors (Lipinski definition) is 1. The molecule has 0 aliphatic carbocycles. The number of piperidine rings is 1. The summed E-state index contributed by atoms with van der Waals surface area (Å²) in [5.74, 6) is -1.27. The topological polar surface area (TPSA) is 66.8 Å². The molecule has 1 N–H and O–H groups in total. The van der Waals surface area contributed by atoms with Gasteiger partial charge in [0.1, 0.15) is 0 Å². The van der Waals surface area contributed by atoms with Crippen LogP contribution in [-0.4, -0.2) is 41.8 Å². The lowest BCUT2D eigenvalue weighted by Crippen LogP contribution is -2.46. The van der Waals surface area contributed by atoms with Crippen molar-refractivity contribution in [2.24, 2.45) is 11.8 Å². The number of carboxylic acid groups (broad SMARTS) is 1. The smallest absolute Gasteiger partial charge is 0.409 e. The van der Waals surface area contributed by atoms with Gasteiger partial charge in [-0.15, -0.1) is 0 Å². The summed E-state index contributed by atoms with van der Waals surface area (Å²) in [4.78, 5) is 24.9. The molecule has 0 aromatic heterocycles. The minimum Gasteiger partial charge on any atom is -0.481 e. The number of carbonyl (C=O) groups excluding carboxylic acids is 1. The van der Waals surface area contributed by atoms with Gasteiger partial charge in [-0.2, -0.15) is 0 Å². The van der Waals surface area contributed by atoms with Gasteiger partial charge < -0.3 is 14.7 Å². The highest BCUT2D eigenvalue weighted by Gasteiger charge is 2.36. The summed E-state index contributed by atoms with van der Waals surface area (Å²) in [6.07, 6.45) is 0.790. The number of ether oxygens (including phenoxy) is 1. The minimum atomic E-state index is -0.778. The van der Waals surface area contributed by atoms with Crippen LogP contribution in [-0.2, 0) is 16.0 Å². The van der Waals surface area contributed by atoms with Crippen molar-refractivity contribution in [2.75, 3.05) is 19.7 Å². The standard InChI is InChI=1S/C16H21NO4/c1-2-21-16(20)17-9-8-14(15(18)19)13(11-17)10-12-6-4-3-5-7-12/h3-7,13-14H,2,8-11H2,1H3,(H,18,19). The second-order valence-corrected chi connectivity index (χ2v) is 5.33.